The highest BCUT2D eigenvalue weighted by molar-refractivity contribution is 7.99. The highest BCUT2D eigenvalue weighted by atomic mass is 32.2. The summed E-state index contributed by atoms with van der Waals surface area (Å²) in [5.41, 5.74) is 6.56. The minimum atomic E-state index is -0.470. The summed E-state index contributed by atoms with van der Waals surface area (Å²) in [6.07, 6.45) is 0. The van der Waals surface area contributed by atoms with Crippen LogP contribution >= 0.6 is 11.8 Å². The number of thioether (sulfide) groups is 1. The zero-order valence-electron chi connectivity index (χ0n) is 21.6. The van der Waals surface area contributed by atoms with Crippen molar-refractivity contribution in [3.8, 4) is 17.1 Å². The lowest BCUT2D eigenvalue weighted by Crippen LogP contribution is -2.21. The van der Waals surface area contributed by atoms with Gasteiger partial charge in [0.1, 0.15) is 0 Å². The number of hydrazone groups is 1. The number of benzene rings is 3. The van der Waals surface area contributed by atoms with E-state index in [0.29, 0.717) is 22.3 Å². The Balaban J connectivity index is 1.52. The van der Waals surface area contributed by atoms with E-state index in [-0.39, 0.29) is 22.8 Å². The first-order valence-corrected chi connectivity index (χ1v) is 12.9. The van der Waals surface area contributed by atoms with Crippen molar-refractivity contribution >= 4 is 29.1 Å². The third-order valence-corrected chi connectivity index (χ3v) is 6.74. The van der Waals surface area contributed by atoms with Gasteiger partial charge in [-0.1, -0.05) is 87.1 Å². The van der Waals surface area contributed by atoms with E-state index in [2.05, 4.69) is 53.6 Å². The second-order valence-electron chi connectivity index (χ2n) is 9.63. The van der Waals surface area contributed by atoms with Gasteiger partial charge in [0.15, 0.2) is 11.0 Å². The van der Waals surface area contributed by atoms with Crippen molar-refractivity contribution in [1.29, 1.82) is 0 Å². The molecule has 1 N–H and O–H groups in total. The average molecular weight is 529 g/mol. The molecule has 0 unspecified atom stereocenters. The van der Waals surface area contributed by atoms with Crippen LogP contribution in [0.3, 0.4) is 0 Å². The Labute approximate surface area is 225 Å². The molecule has 4 aromatic rings. The van der Waals surface area contributed by atoms with Gasteiger partial charge in [-0.2, -0.15) is 5.10 Å². The number of nitro groups is 1. The summed E-state index contributed by atoms with van der Waals surface area (Å²) in [5.74, 6) is 0.400. The van der Waals surface area contributed by atoms with Crippen LogP contribution in [0.1, 0.15) is 38.8 Å². The lowest BCUT2D eigenvalue weighted by Gasteiger charge is -2.19. The van der Waals surface area contributed by atoms with E-state index in [1.54, 1.807) is 19.1 Å². The van der Waals surface area contributed by atoms with Gasteiger partial charge in [-0.15, -0.1) is 10.2 Å². The Morgan fingerprint density at radius 3 is 2.39 bits per heavy atom. The number of hydrogen-bond donors (Lipinski definition) is 1. The van der Waals surface area contributed by atoms with Gasteiger partial charge in [-0.25, -0.2) is 5.43 Å². The minimum absolute atomic E-state index is 0.0378. The molecule has 1 heterocycles. The molecule has 4 rings (SSSR count). The average Bonchev–Trinajstić information content (AvgIpc) is 3.34. The van der Waals surface area contributed by atoms with Crippen molar-refractivity contribution in [3.05, 3.63) is 100 Å². The number of amides is 1. The van der Waals surface area contributed by atoms with Gasteiger partial charge in [0, 0.05) is 28.9 Å². The smallest absolute Gasteiger partial charge is 0.270 e. The lowest BCUT2D eigenvalue weighted by atomic mass is 9.87. The fourth-order valence-electron chi connectivity index (χ4n) is 3.70. The van der Waals surface area contributed by atoms with E-state index >= 15 is 0 Å². The number of non-ortho nitro benzene ring substituents is 1. The number of nitrogens with one attached hydrogen (secondary N) is 1. The van der Waals surface area contributed by atoms with Crippen LogP contribution in [-0.2, 0) is 10.2 Å². The van der Waals surface area contributed by atoms with E-state index < -0.39 is 4.92 Å². The topological polar surface area (TPSA) is 115 Å². The lowest BCUT2D eigenvalue weighted by molar-refractivity contribution is -0.384. The van der Waals surface area contributed by atoms with E-state index in [1.807, 2.05) is 47.0 Å². The molecule has 1 aromatic heterocycles. The van der Waals surface area contributed by atoms with Gasteiger partial charge in [0.2, 0.25) is 0 Å². The predicted octanol–water partition coefficient (Wildman–Crippen LogP) is 5.77. The van der Waals surface area contributed by atoms with Crippen LogP contribution in [0.5, 0.6) is 0 Å². The van der Waals surface area contributed by atoms with Gasteiger partial charge in [-0.3, -0.25) is 19.5 Å². The number of nitro benzene ring substituents is 1. The zero-order chi connectivity index (χ0) is 27.3. The predicted molar refractivity (Wildman–Crippen MR) is 150 cm³/mol. The van der Waals surface area contributed by atoms with Crippen molar-refractivity contribution in [2.45, 2.75) is 38.3 Å². The van der Waals surface area contributed by atoms with Crippen LogP contribution in [0.4, 0.5) is 5.69 Å². The molecule has 9 nitrogen and oxygen atoms in total. The standard InChI is InChI=1S/C28H28N6O3S/c1-19(21-9-8-12-24(17-21)34(36)37)29-30-25(35)18-38-27-32-31-26(33(27)23-10-6-5-7-11-23)20-13-15-22(16-14-20)28(2,3)4/h5-17H,18H2,1-4H3,(H,30,35). The maximum absolute atomic E-state index is 12.6. The van der Waals surface area contributed by atoms with Crippen LogP contribution in [0.15, 0.2) is 89.1 Å². The molecular formula is C28H28N6O3S. The Morgan fingerprint density at radius 1 is 1.03 bits per heavy atom. The fraction of sp³-hybridized carbons (Fsp3) is 0.214. The van der Waals surface area contributed by atoms with Gasteiger partial charge in [0.05, 0.1) is 16.4 Å². The third kappa shape index (κ3) is 6.33. The zero-order valence-corrected chi connectivity index (χ0v) is 22.4. The SMILES string of the molecule is CC(=NNC(=O)CSc1nnc(-c2ccc(C(C)(C)C)cc2)n1-c1ccccc1)c1cccc([N+](=O)[O-])c1. The molecule has 0 aliphatic rings. The first-order chi connectivity index (χ1) is 18.1. The van der Waals surface area contributed by atoms with Crippen molar-refractivity contribution in [2.75, 3.05) is 5.75 Å². The van der Waals surface area contributed by atoms with E-state index in [9.17, 15) is 14.9 Å². The Bertz CT molecular complexity index is 1470. The molecule has 38 heavy (non-hydrogen) atoms. The molecule has 0 saturated carbocycles. The first kappa shape index (κ1) is 26.7. The number of carbonyl (C=O) groups excluding carboxylic acids is 1. The molecule has 0 spiro atoms. The maximum Gasteiger partial charge on any atom is 0.270 e. The van der Waals surface area contributed by atoms with Crippen LogP contribution in [-0.4, -0.2) is 37.1 Å². The van der Waals surface area contributed by atoms with Crippen LogP contribution in [0.25, 0.3) is 17.1 Å². The highest BCUT2D eigenvalue weighted by Gasteiger charge is 2.19. The van der Waals surface area contributed by atoms with Crippen molar-refractivity contribution < 1.29 is 9.72 Å². The minimum Gasteiger partial charge on any atom is -0.272 e. The number of rotatable bonds is 8. The summed E-state index contributed by atoms with van der Waals surface area (Å²) in [5, 5.41) is 24.5. The second-order valence-corrected chi connectivity index (χ2v) is 10.6. The number of hydrogen-bond acceptors (Lipinski definition) is 7. The Kier molecular flexibility index (Phi) is 8.02. The Morgan fingerprint density at radius 2 is 1.74 bits per heavy atom. The van der Waals surface area contributed by atoms with Crippen molar-refractivity contribution in [1.82, 2.24) is 20.2 Å². The summed E-state index contributed by atoms with van der Waals surface area (Å²) in [4.78, 5) is 23.1. The van der Waals surface area contributed by atoms with Gasteiger partial charge >= 0.3 is 0 Å². The molecule has 0 saturated heterocycles. The number of aromatic nitrogens is 3. The van der Waals surface area contributed by atoms with Gasteiger partial charge in [0.25, 0.3) is 11.6 Å². The maximum atomic E-state index is 12.6. The Hall–Kier alpha value is -4.31. The van der Waals surface area contributed by atoms with E-state index in [4.69, 9.17) is 0 Å². The summed E-state index contributed by atoms with van der Waals surface area (Å²) < 4.78 is 1.93. The monoisotopic (exact) mass is 528 g/mol. The van der Waals surface area contributed by atoms with Gasteiger partial charge < -0.3 is 0 Å². The molecule has 0 radical (unpaired) electrons. The van der Waals surface area contributed by atoms with Crippen LogP contribution in [0, 0.1) is 10.1 Å². The van der Waals surface area contributed by atoms with Crippen LogP contribution in [0.2, 0.25) is 0 Å². The number of para-hydroxylation sites is 1. The molecule has 0 atom stereocenters. The molecule has 0 fully saturated rings. The van der Waals surface area contributed by atoms with E-state index in [0.717, 1.165) is 11.3 Å². The highest BCUT2D eigenvalue weighted by Crippen LogP contribution is 2.30. The molecule has 0 aliphatic heterocycles. The molecule has 194 valence electrons. The first-order valence-electron chi connectivity index (χ1n) is 12.0. The molecule has 1 amide bonds. The number of carbonyl (C=O) groups is 1. The third-order valence-electron chi connectivity index (χ3n) is 5.81. The van der Waals surface area contributed by atoms with Crippen LogP contribution < -0.4 is 5.43 Å². The molecule has 10 heteroatoms. The summed E-state index contributed by atoms with van der Waals surface area (Å²) in [6, 6.07) is 24.1. The summed E-state index contributed by atoms with van der Waals surface area (Å²) in [6.45, 7) is 8.19. The van der Waals surface area contributed by atoms with Crippen molar-refractivity contribution in [3.63, 3.8) is 0 Å². The summed E-state index contributed by atoms with van der Waals surface area (Å²) in [7, 11) is 0. The summed E-state index contributed by atoms with van der Waals surface area (Å²) >= 11 is 1.25. The van der Waals surface area contributed by atoms with Crippen molar-refractivity contribution in [2.24, 2.45) is 5.10 Å². The quantitative estimate of drug-likeness (QED) is 0.134. The molecule has 0 bridgehead atoms. The largest absolute Gasteiger partial charge is 0.272 e. The normalized spacial score (nSPS) is 11.8. The fourth-order valence-corrected chi connectivity index (χ4v) is 4.44. The second kappa shape index (κ2) is 11.4. The molecule has 3 aromatic carbocycles. The molecule has 0 aliphatic carbocycles. The molecular weight excluding hydrogens is 500 g/mol. The van der Waals surface area contributed by atoms with E-state index in [1.165, 1.54) is 29.5 Å². The van der Waals surface area contributed by atoms with Gasteiger partial charge in [-0.05, 0) is 30.0 Å². The number of nitrogens with zero attached hydrogens (tertiary/aromatic N) is 5.